The highest BCUT2D eigenvalue weighted by atomic mass is 28.3. The van der Waals surface area contributed by atoms with Gasteiger partial charge in [0.05, 0.1) is 6.17 Å². The smallest absolute Gasteiger partial charge is 0.117 e. The van der Waals surface area contributed by atoms with Crippen LogP contribution < -0.4 is 16.4 Å². The van der Waals surface area contributed by atoms with Gasteiger partial charge in [0.2, 0.25) is 0 Å². The summed E-state index contributed by atoms with van der Waals surface area (Å²) in [6, 6.07) is 0. The van der Waals surface area contributed by atoms with E-state index in [-0.39, 0.29) is 6.17 Å². The molecule has 1 unspecified atom stereocenters. The van der Waals surface area contributed by atoms with Gasteiger partial charge in [-0.25, -0.2) is 0 Å². The summed E-state index contributed by atoms with van der Waals surface area (Å²) in [5, 5.41) is 0. The number of hydrogen-bond donors (Lipinski definition) is 3. The molecule has 0 bridgehead atoms. The van der Waals surface area contributed by atoms with Crippen molar-refractivity contribution in [3.63, 3.8) is 0 Å². The molecule has 0 aliphatic rings. The Hall–Kier alpha value is 0.0969. The van der Waals surface area contributed by atoms with Gasteiger partial charge in [0.1, 0.15) is 8.24 Å². The van der Waals surface area contributed by atoms with Crippen LogP contribution in [0.5, 0.6) is 0 Å². The Morgan fingerprint density at radius 2 is 1.89 bits per heavy atom. The lowest BCUT2D eigenvalue weighted by Crippen LogP contribution is -2.55. The van der Waals surface area contributed by atoms with Gasteiger partial charge in [0.25, 0.3) is 0 Å². The molecule has 0 radical (unpaired) electrons. The molecule has 0 spiro atoms. The van der Waals surface area contributed by atoms with Crippen LogP contribution in [-0.4, -0.2) is 20.9 Å². The predicted octanol–water partition coefficient (Wildman–Crippen LogP) is -0.346. The van der Waals surface area contributed by atoms with Gasteiger partial charge in [-0.2, -0.15) is 0 Å². The summed E-state index contributed by atoms with van der Waals surface area (Å²) in [6.45, 7) is 7.11. The van der Waals surface area contributed by atoms with Crippen LogP contribution in [0.2, 0.25) is 19.6 Å². The second-order valence-corrected chi connectivity index (χ2v) is 8.03. The van der Waals surface area contributed by atoms with Crippen LogP contribution in [0.4, 0.5) is 0 Å². The van der Waals surface area contributed by atoms with Crippen LogP contribution in [0.15, 0.2) is 0 Å². The SMILES string of the molecule is C[Si](C)(C)NC(N)CN. The molecule has 0 aromatic rings. The fourth-order valence-corrected chi connectivity index (χ4v) is 1.85. The molecule has 4 heteroatoms. The zero-order valence-corrected chi connectivity index (χ0v) is 7.44. The minimum Gasteiger partial charge on any atom is -0.328 e. The maximum absolute atomic E-state index is 5.56. The van der Waals surface area contributed by atoms with Crippen molar-refractivity contribution in [3.05, 3.63) is 0 Å². The van der Waals surface area contributed by atoms with Gasteiger partial charge in [0, 0.05) is 6.54 Å². The fourth-order valence-electron chi connectivity index (χ4n) is 0.615. The van der Waals surface area contributed by atoms with Crippen molar-refractivity contribution >= 4 is 8.24 Å². The minimum atomic E-state index is -1.20. The van der Waals surface area contributed by atoms with E-state index in [1.165, 1.54) is 0 Å². The molecule has 0 saturated heterocycles. The van der Waals surface area contributed by atoms with Crippen LogP contribution in [0, 0.1) is 0 Å². The molecular weight excluding hydrogens is 130 g/mol. The average molecular weight is 147 g/mol. The lowest BCUT2D eigenvalue weighted by atomic mass is 10.6. The van der Waals surface area contributed by atoms with Gasteiger partial charge in [-0.05, 0) is 0 Å². The Balaban J connectivity index is 3.47. The summed E-state index contributed by atoms with van der Waals surface area (Å²) in [5.74, 6) is 0. The van der Waals surface area contributed by atoms with Crippen molar-refractivity contribution in [3.8, 4) is 0 Å². The normalized spacial score (nSPS) is 15.7. The summed E-state index contributed by atoms with van der Waals surface area (Å²) in [4.78, 5) is 3.26. The highest BCUT2D eigenvalue weighted by molar-refractivity contribution is 6.73. The summed E-state index contributed by atoms with van der Waals surface area (Å²) in [5.41, 5.74) is 10.9. The number of hydrogen-bond acceptors (Lipinski definition) is 3. The highest BCUT2D eigenvalue weighted by Gasteiger charge is 2.14. The maximum atomic E-state index is 5.56. The standard InChI is InChI=1S/C5H17N3Si/c1-9(2,3)8-5(7)4-6/h5,8H,4,6-7H2,1-3H3. The third-order valence-electron chi connectivity index (χ3n) is 0.872. The molecule has 1 atom stereocenters. The Kier molecular flexibility index (Phi) is 3.35. The Morgan fingerprint density at radius 3 is 2.00 bits per heavy atom. The molecule has 9 heavy (non-hydrogen) atoms. The third kappa shape index (κ3) is 5.98. The fraction of sp³-hybridized carbons (Fsp3) is 1.00. The van der Waals surface area contributed by atoms with Crippen LogP contribution in [-0.2, 0) is 0 Å². The van der Waals surface area contributed by atoms with Gasteiger partial charge in [0.15, 0.2) is 0 Å². The highest BCUT2D eigenvalue weighted by Crippen LogP contribution is 1.93. The van der Waals surface area contributed by atoms with Crippen LogP contribution in [0.25, 0.3) is 0 Å². The third-order valence-corrected chi connectivity index (χ3v) is 2.11. The second-order valence-electron chi connectivity index (χ2n) is 3.24. The van der Waals surface area contributed by atoms with Crippen molar-refractivity contribution in [1.82, 2.24) is 4.98 Å². The first-order valence-corrected chi connectivity index (χ1v) is 6.69. The van der Waals surface area contributed by atoms with E-state index in [1.54, 1.807) is 0 Å². The first kappa shape index (κ1) is 9.10. The molecule has 56 valence electrons. The quantitative estimate of drug-likeness (QED) is 0.378. The van der Waals surface area contributed by atoms with E-state index in [0.29, 0.717) is 6.54 Å². The van der Waals surface area contributed by atoms with Gasteiger partial charge in [-0.15, -0.1) is 0 Å². The summed E-state index contributed by atoms with van der Waals surface area (Å²) >= 11 is 0. The molecule has 0 aliphatic heterocycles. The number of nitrogens with two attached hydrogens (primary N) is 2. The van der Waals surface area contributed by atoms with E-state index in [2.05, 4.69) is 24.6 Å². The molecule has 0 amide bonds. The average Bonchev–Trinajstić information content (AvgIpc) is 1.62. The van der Waals surface area contributed by atoms with Crippen molar-refractivity contribution in [2.45, 2.75) is 25.8 Å². The zero-order valence-electron chi connectivity index (χ0n) is 6.44. The van der Waals surface area contributed by atoms with Gasteiger partial charge in [-0.1, -0.05) is 19.6 Å². The molecule has 0 aromatic heterocycles. The maximum Gasteiger partial charge on any atom is 0.117 e. The molecule has 0 rings (SSSR count). The van der Waals surface area contributed by atoms with Gasteiger partial charge < -0.3 is 16.4 Å². The van der Waals surface area contributed by atoms with Crippen LogP contribution >= 0.6 is 0 Å². The zero-order chi connectivity index (χ0) is 7.49. The lowest BCUT2D eigenvalue weighted by Gasteiger charge is -2.22. The summed E-state index contributed by atoms with van der Waals surface area (Å²) in [6.07, 6.45) is -0.0170. The van der Waals surface area contributed by atoms with E-state index in [9.17, 15) is 0 Å². The van der Waals surface area contributed by atoms with Crippen molar-refractivity contribution in [2.75, 3.05) is 6.54 Å². The molecule has 0 fully saturated rings. The van der Waals surface area contributed by atoms with Gasteiger partial charge in [-0.3, -0.25) is 0 Å². The summed E-state index contributed by atoms with van der Waals surface area (Å²) < 4.78 is 0. The number of nitrogens with one attached hydrogen (secondary N) is 1. The molecule has 0 aliphatic carbocycles. The first-order valence-electron chi connectivity index (χ1n) is 3.19. The molecule has 0 saturated carbocycles. The molecule has 5 N–H and O–H groups in total. The minimum absolute atomic E-state index is 0.0170. The first-order chi connectivity index (χ1) is 3.95. The molecule has 0 aromatic carbocycles. The predicted molar refractivity (Wildman–Crippen MR) is 43.5 cm³/mol. The van der Waals surface area contributed by atoms with Crippen molar-refractivity contribution in [2.24, 2.45) is 11.5 Å². The summed E-state index contributed by atoms with van der Waals surface area (Å²) in [7, 11) is -1.20. The molecule has 3 nitrogen and oxygen atoms in total. The monoisotopic (exact) mass is 147 g/mol. The number of rotatable bonds is 3. The second kappa shape index (κ2) is 3.31. The topological polar surface area (TPSA) is 64.1 Å². The van der Waals surface area contributed by atoms with E-state index >= 15 is 0 Å². The van der Waals surface area contributed by atoms with Crippen molar-refractivity contribution < 1.29 is 0 Å². The Morgan fingerprint density at radius 1 is 1.44 bits per heavy atom. The lowest BCUT2D eigenvalue weighted by molar-refractivity contribution is 0.646. The van der Waals surface area contributed by atoms with Crippen LogP contribution in [0.1, 0.15) is 0 Å². The Labute approximate surface area is 57.9 Å². The Bertz CT molecular complexity index is 78.8. The van der Waals surface area contributed by atoms with E-state index in [4.69, 9.17) is 11.5 Å². The molecular formula is C5H17N3Si. The molecule has 0 heterocycles. The largest absolute Gasteiger partial charge is 0.328 e. The van der Waals surface area contributed by atoms with E-state index in [1.807, 2.05) is 0 Å². The van der Waals surface area contributed by atoms with E-state index < -0.39 is 8.24 Å². The van der Waals surface area contributed by atoms with E-state index in [0.717, 1.165) is 0 Å². The van der Waals surface area contributed by atoms with Crippen molar-refractivity contribution in [1.29, 1.82) is 0 Å². The van der Waals surface area contributed by atoms with Gasteiger partial charge >= 0.3 is 0 Å². The van der Waals surface area contributed by atoms with Crippen LogP contribution in [0.3, 0.4) is 0 Å².